The zero-order chi connectivity index (χ0) is 31.7. The number of hydrogen-bond donors (Lipinski definition) is 4. The maximum Gasteiger partial charge on any atom is 0.243 e. The molecular weight excluding hydrogens is 558 g/mol. The van der Waals surface area contributed by atoms with Gasteiger partial charge in [0.25, 0.3) is 0 Å². The summed E-state index contributed by atoms with van der Waals surface area (Å²) < 4.78 is 6.09. The molecule has 2 heterocycles. The molecule has 0 saturated carbocycles. The summed E-state index contributed by atoms with van der Waals surface area (Å²) in [7, 11) is 0. The zero-order valence-electron chi connectivity index (χ0n) is 26.2. The Morgan fingerprint density at radius 3 is 2.61 bits per heavy atom. The third-order valence-electron chi connectivity index (χ3n) is 8.76. The van der Waals surface area contributed by atoms with Crippen molar-refractivity contribution >= 4 is 23.6 Å². The predicted molar refractivity (Wildman–Crippen MR) is 169 cm³/mol. The Kier molecular flexibility index (Phi) is 11.4. The summed E-state index contributed by atoms with van der Waals surface area (Å²) in [6, 6.07) is 13.5. The van der Waals surface area contributed by atoms with Crippen LogP contribution in [-0.2, 0) is 32.1 Å². The molecule has 4 rings (SSSR count). The van der Waals surface area contributed by atoms with Crippen LogP contribution in [0.2, 0.25) is 0 Å². The molecule has 2 aliphatic rings. The first-order valence-corrected chi connectivity index (χ1v) is 15.7. The Morgan fingerprint density at radius 1 is 1.09 bits per heavy atom. The fourth-order valence-electron chi connectivity index (χ4n) is 5.56. The van der Waals surface area contributed by atoms with Gasteiger partial charge in [0.1, 0.15) is 17.8 Å². The molecule has 0 radical (unpaired) electrons. The minimum absolute atomic E-state index is 0.0692. The fourth-order valence-corrected chi connectivity index (χ4v) is 5.56. The zero-order valence-corrected chi connectivity index (χ0v) is 26.2. The van der Waals surface area contributed by atoms with Gasteiger partial charge in [-0.25, -0.2) is 0 Å². The Balaban J connectivity index is 1.62. The van der Waals surface area contributed by atoms with Gasteiger partial charge in [0.15, 0.2) is 0 Å². The largest absolute Gasteiger partial charge is 0.494 e. The van der Waals surface area contributed by atoms with Crippen LogP contribution in [0.1, 0.15) is 62.6 Å². The molecule has 10 nitrogen and oxygen atoms in total. The molecule has 1 unspecified atom stereocenters. The molecule has 0 aromatic heterocycles. The summed E-state index contributed by atoms with van der Waals surface area (Å²) in [6.45, 7) is 7.37. The maximum atomic E-state index is 13.8. The smallest absolute Gasteiger partial charge is 0.243 e. The van der Waals surface area contributed by atoms with Crippen LogP contribution in [0.25, 0.3) is 0 Å². The second-order valence-electron chi connectivity index (χ2n) is 12.7. The lowest BCUT2D eigenvalue weighted by Gasteiger charge is -2.34. The number of amides is 4. The topological polar surface area (TPSA) is 143 Å². The monoisotopic (exact) mass is 605 g/mol. The van der Waals surface area contributed by atoms with E-state index >= 15 is 0 Å². The van der Waals surface area contributed by atoms with Crippen LogP contribution in [0, 0.1) is 18.3 Å². The number of benzene rings is 2. The van der Waals surface area contributed by atoms with Gasteiger partial charge in [-0.3, -0.25) is 19.2 Å². The van der Waals surface area contributed by atoms with E-state index in [1.807, 2.05) is 55.5 Å². The molecule has 3 atom stereocenters. The number of ether oxygens (including phenoxy) is 1. The average Bonchev–Trinajstić information content (AvgIpc) is 3.02. The molecule has 0 spiro atoms. The molecule has 2 aliphatic heterocycles. The second-order valence-corrected chi connectivity index (χ2v) is 12.7. The number of nitrogens with two attached hydrogens (primary N) is 1. The number of carbonyl (C=O) groups excluding carboxylic acids is 4. The van der Waals surface area contributed by atoms with Crippen molar-refractivity contribution in [2.75, 3.05) is 26.2 Å². The lowest BCUT2D eigenvalue weighted by molar-refractivity contribution is -0.139. The van der Waals surface area contributed by atoms with Gasteiger partial charge in [0, 0.05) is 26.2 Å². The standard InChI is InChI=1S/C34H47N5O5/c1-23-11-13-27-18-26(23)20-36-31(41)28(14-12-24-8-5-4-6-9-24)37-32(42)29(38-33(43)34(2,3)22-35)19-30(40)39-16-7-10-25(21-39)15-17-44-27/h4-6,8-9,11,13,18,25,28-29H,7,10,12,14-17,19-22,35H2,1-3H3,(H,36,41)(H,37,42)(H,38,43)/t25?,28-,29-/m0/s1. The molecule has 0 aliphatic carbocycles. The summed E-state index contributed by atoms with van der Waals surface area (Å²) in [5, 5.41) is 8.63. The molecule has 10 heteroatoms. The number of rotatable bonds is 6. The van der Waals surface area contributed by atoms with E-state index in [9.17, 15) is 19.2 Å². The highest BCUT2D eigenvalue weighted by molar-refractivity contribution is 5.95. The number of aryl methyl sites for hydroxylation is 2. The van der Waals surface area contributed by atoms with Gasteiger partial charge in [-0.1, -0.05) is 36.4 Å². The molecule has 4 bridgehead atoms. The van der Waals surface area contributed by atoms with Crippen LogP contribution in [-0.4, -0.2) is 66.9 Å². The Morgan fingerprint density at radius 2 is 1.86 bits per heavy atom. The van der Waals surface area contributed by atoms with Gasteiger partial charge in [-0.2, -0.15) is 0 Å². The Hall–Kier alpha value is -3.92. The van der Waals surface area contributed by atoms with Gasteiger partial charge < -0.3 is 31.3 Å². The molecule has 44 heavy (non-hydrogen) atoms. The molecule has 238 valence electrons. The summed E-state index contributed by atoms with van der Waals surface area (Å²) >= 11 is 0. The molecule has 2 aromatic rings. The van der Waals surface area contributed by atoms with Crippen LogP contribution < -0.4 is 26.4 Å². The van der Waals surface area contributed by atoms with E-state index in [2.05, 4.69) is 16.0 Å². The minimum atomic E-state index is -1.16. The third-order valence-corrected chi connectivity index (χ3v) is 8.76. The van der Waals surface area contributed by atoms with Crippen molar-refractivity contribution in [1.29, 1.82) is 0 Å². The van der Waals surface area contributed by atoms with E-state index in [0.29, 0.717) is 32.5 Å². The SMILES string of the molecule is Cc1ccc2cc1CNC(=O)[C@H](CCc1ccccc1)NC(=O)[C@@H](NC(=O)C(C)(C)CN)CC(=O)N1CCCC(CCO2)C1. The highest BCUT2D eigenvalue weighted by Crippen LogP contribution is 2.23. The van der Waals surface area contributed by atoms with Crippen molar-refractivity contribution in [2.24, 2.45) is 17.1 Å². The van der Waals surface area contributed by atoms with E-state index in [0.717, 1.165) is 41.7 Å². The van der Waals surface area contributed by atoms with E-state index < -0.39 is 29.3 Å². The average molecular weight is 606 g/mol. The van der Waals surface area contributed by atoms with Gasteiger partial charge in [-0.05, 0) is 87.6 Å². The van der Waals surface area contributed by atoms with Crippen LogP contribution in [0.5, 0.6) is 5.75 Å². The minimum Gasteiger partial charge on any atom is -0.494 e. The fraction of sp³-hybridized carbons (Fsp3) is 0.529. The van der Waals surface area contributed by atoms with Crippen molar-refractivity contribution < 1.29 is 23.9 Å². The first-order valence-electron chi connectivity index (χ1n) is 15.7. The number of nitrogens with one attached hydrogen (secondary N) is 3. The highest BCUT2D eigenvalue weighted by atomic mass is 16.5. The van der Waals surface area contributed by atoms with Crippen molar-refractivity contribution in [2.45, 2.75) is 77.9 Å². The van der Waals surface area contributed by atoms with E-state index in [4.69, 9.17) is 10.5 Å². The molecule has 1 saturated heterocycles. The van der Waals surface area contributed by atoms with Crippen LogP contribution in [0.4, 0.5) is 0 Å². The summed E-state index contributed by atoms with van der Waals surface area (Å²) in [5.74, 6) is -0.554. The summed E-state index contributed by atoms with van der Waals surface area (Å²) in [6.07, 6.45) is 3.31. The Bertz CT molecular complexity index is 1310. The number of fused-ring (bicyclic) bond motifs is 4. The lowest BCUT2D eigenvalue weighted by Crippen LogP contribution is -2.57. The first-order chi connectivity index (χ1) is 21.1. The van der Waals surface area contributed by atoms with Crippen LogP contribution >= 0.6 is 0 Å². The third kappa shape index (κ3) is 9.05. The lowest BCUT2D eigenvalue weighted by atomic mass is 9.91. The van der Waals surface area contributed by atoms with E-state index in [-0.39, 0.29) is 37.2 Å². The molecule has 2 aromatic carbocycles. The maximum absolute atomic E-state index is 13.8. The van der Waals surface area contributed by atoms with Gasteiger partial charge in [-0.15, -0.1) is 0 Å². The molecule has 5 N–H and O–H groups in total. The van der Waals surface area contributed by atoms with Gasteiger partial charge in [0.2, 0.25) is 23.6 Å². The van der Waals surface area contributed by atoms with Crippen LogP contribution in [0.15, 0.2) is 48.5 Å². The van der Waals surface area contributed by atoms with Crippen molar-refractivity contribution in [3.63, 3.8) is 0 Å². The van der Waals surface area contributed by atoms with E-state index in [1.165, 1.54) is 0 Å². The number of carbonyl (C=O) groups is 4. The second kappa shape index (κ2) is 15.2. The van der Waals surface area contributed by atoms with Crippen molar-refractivity contribution in [1.82, 2.24) is 20.9 Å². The quantitative estimate of drug-likeness (QED) is 0.399. The number of nitrogens with zero attached hydrogens (tertiary/aromatic N) is 1. The van der Waals surface area contributed by atoms with Gasteiger partial charge in [0.05, 0.1) is 18.4 Å². The molecular formula is C34H47N5O5. The summed E-state index contributed by atoms with van der Waals surface area (Å²) in [5.41, 5.74) is 7.86. The molecule has 4 amide bonds. The number of hydrogen-bond acceptors (Lipinski definition) is 6. The normalized spacial score (nSPS) is 22.1. The Labute approximate surface area is 260 Å². The van der Waals surface area contributed by atoms with Crippen molar-refractivity contribution in [3.05, 3.63) is 65.2 Å². The van der Waals surface area contributed by atoms with Crippen molar-refractivity contribution in [3.8, 4) is 5.75 Å². The molecule has 1 fully saturated rings. The van der Waals surface area contributed by atoms with Crippen LogP contribution in [0.3, 0.4) is 0 Å². The van der Waals surface area contributed by atoms with E-state index in [1.54, 1.807) is 18.7 Å². The predicted octanol–water partition coefficient (Wildman–Crippen LogP) is 2.61. The van der Waals surface area contributed by atoms with Gasteiger partial charge >= 0.3 is 0 Å². The number of piperidine rings is 1. The highest BCUT2D eigenvalue weighted by Gasteiger charge is 2.35. The first kappa shape index (κ1) is 33.0. The summed E-state index contributed by atoms with van der Waals surface area (Å²) in [4.78, 5) is 55.9.